The van der Waals surface area contributed by atoms with Crippen LogP contribution in [-0.2, 0) is 19.6 Å². The first-order valence-electron chi connectivity index (χ1n) is 10.4. The zero-order chi connectivity index (χ0) is 21.1. The molecule has 0 saturated heterocycles. The number of hydrogen-bond acceptors (Lipinski definition) is 3. The molecule has 2 aromatic heterocycles. The number of benzene rings is 2. The Bertz CT molecular complexity index is 1150. The van der Waals surface area contributed by atoms with Crippen molar-refractivity contribution in [2.45, 2.75) is 50.3 Å². The van der Waals surface area contributed by atoms with Crippen LogP contribution < -0.4 is 0 Å². The van der Waals surface area contributed by atoms with Gasteiger partial charge in [0.1, 0.15) is 0 Å². The topological polar surface area (TPSA) is 38.0 Å². The van der Waals surface area contributed by atoms with Crippen molar-refractivity contribution in [3.8, 4) is 0 Å². The third-order valence-electron chi connectivity index (χ3n) is 5.51. The summed E-state index contributed by atoms with van der Waals surface area (Å²) in [7, 11) is 0. The average molecular weight is 417 g/mol. The highest BCUT2D eigenvalue weighted by Gasteiger charge is 2.21. The van der Waals surface area contributed by atoms with Gasteiger partial charge in [-0.2, -0.15) is 0 Å². The van der Waals surface area contributed by atoms with Gasteiger partial charge in [0.15, 0.2) is 0 Å². The zero-order valence-corrected chi connectivity index (χ0v) is 18.6. The fraction of sp³-hybridized carbons (Fsp3) is 0.269. The Hall–Kier alpha value is -2.56. The summed E-state index contributed by atoms with van der Waals surface area (Å²) < 4.78 is 2.36. The molecule has 4 aromatic rings. The van der Waals surface area contributed by atoms with Crippen molar-refractivity contribution in [3.63, 3.8) is 0 Å². The lowest BCUT2D eigenvalue weighted by atomic mass is 10.0. The molecule has 0 bridgehead atoms. The lowest BCUT2D eigenvalue weighted by molar-refractivity contribution is 0.279. The van der Waals surface area contributed by atoms with Crippen molar-refractivity contribution in [1.82, 2.24) is 9.55 Å². The molecule has 0 aliphatic carbocycles. The highest BCUT2D eigenvalue weighted by molar-refractivity contribution is 7.99. The molecule has 0 saturated carbocycles. The molecule has 3 nitrogen and oxygen atoms in total. The fourth-order valence-electron chi connectivity index (χ4n) is 3.97. The molecule has 0 aliphatic rings. The molecule has 0 unspecified atom stereocenters. The maximum absolute atomic E-state index is 10.2. The monoisotopic (exact) mass is 416 g/mol. The summed E-state index contributed by atoms with van der Waals surface area (Å²) in [6, 6.07) is 19.2. The summed E-state index contributed by atoms with van der Waals surface area (Å²) in [6.07, 6.45) is 4.63. The minimum Gasteiger partial charge on any atom is -0.392 e. The Morgan fingerprint density at radius 2 is 1.70 bits per heavy atom. The van der Waals surface area contributed by atoms with E-state index in [1.54, 1.807) is 11.8 Å². The molecule has 4 rings (SSSR count). The first-order chi connectivity index (χ1) is 14.6. The summed E-state index contributed by atoms with van der Waals surface area (Å²) in [5.41, 5.74) is 4.70. The fourth-order valence-corrected chi connectivity index (χ4v) is 5.16. The predicted octanol–water partition coefficient (Wildman–Crippen LogP) is 6.24. The molecule has 2 aromatic carbocycles. The summed E-state index contributed by atoms with van der Waals surface area (Å²) in [6.45, 7) is 7.45. The third-order valence-corrected chi connectivity index (χ3v) is 6.65. The molecular formula is C26H28N2OS. The normalized spacial score (nSPS) is 11.5. The number of fused-ring (bicyclic) bond motifs is 1. The van der Waals surface area contributed by atoms with Gasteiger partial charge in [-0.15, -0.1) is 0 Å². The quantitative estimate of drug-likeness (QED) is 0.388. The van der Waals surface area contributed by atoms with Crippen LogP contribution in [0.3, 0.4) is 0 Å². The summed E-state index contributed by atoms with van der Waals surface area (Å²) in [4.78, 5) is 5.37. The summed E-state index contributed by atoms with van der Waals surface area (Å²) in [5.74, 6) is 0.516. The van der Waals surface area contributed by atoms with Gasteiger partial charge in [-0.05, 0) is 65.4 Å². The van der Waals surface area contributed by atoms with Crippen LogP contribution in [0.2, 0.25) is 0 Å². The van der Waals surface area contributed by atoms with E-state index in [9.17, 15) is 5.11 Å². The number of pyridine rings is 1. The van der Waals surface area contributed by atoms with Gasteiger partial charge >= 0.3 is 0 Å². The van der Waals surface area contributed by atoms with E-state index in [4.69, 9.17) is 0 Å². The van der Waals surface area contributed by atoms with Crippen LogP contribution in [0, 0.1) is 12.8 Å². The Morgan fingerprint density at radius 3 is 2.40 bits per heavy atom. The van der Waals surface area contributed by atoms with Crippen LogP contribution in [0.25, 0.3) is 10.8 Å². The van der Waals surface area contributed by atoms with E-state index >= 15 is 0 Å². The van der Waals surface area contributed by atoms with Crippen LogP contribution in [0.1, 0.15) is 36.2 Å². The Morgan fingerprint density at radius 1 is 0.967 bits per heavy atom. The molecule has 4 heteroatoms. The summed E-state index contributed by atoms with van der Waals surface area (Å²) in [5, 5.41) is 13.9. The van der Waals surface area contributed by atoms with Gasteiger partial charge < -0.3 is 9.67 Å². The number of aromatic nitrogens is 2. The number of nitrogens with zero attached hydrogens (tertiary/aromatic N) is 2. The smallest absolute Gasteiger partial charge is 0.0838 e. The molecule has 0 amide bonds. The SMILES string of the molecule is Cc1c(CO)c(CC(C)C)c(Sc2ccc3ccccc3c2)n1Cc1ccncc1. The van der Waals surface area contributed by atoms with Crippen molar-refractivity contribution >= 4 is 22.5 Å². The van der Waals surface area contributed by atoms with Crippen molar-refractivity contribution in [2.75, 3.05) is 0 Å². The van der Waals surface area contributed by atoms with Gasteiger partial charge in [0, 0.05) is 35.1 Å². The van der Waals surface area contributed by atoms with Gasteiger partial charge in [0.05, 0.1) is 11.6 Å². The van der Waals surface area contributed by atoms with Crippen LogP contribution in [0.5, 0.6) is 0 Å². The Kier molecular flexibility index (Phi) is 6.26. The van der Waals surface area contributed by atoms with E-state index in [1.807, 2.05) is 12.4 Å². The molecule has 0 atom stereocenters. The lowest BCUT2D eigenvalue weighted by Gasteiger charge is -2.14. The van der Waals surface area contributed by atoms with Crippen LogP contribution in [0.15, 0.2) is 76.9 Å². The molecular weight excluding hydrogens is 388 g/mol. The maximum Gasteiger partial charge on any atom is 0.0838 e. The largest absolute Gasteiger partial charge is 0.392 e. The number of aliphatic hydroxyl groups is 1. The maximum atomic E-state index is 10.2. The van der Waals surface area contributed by atoms with E-state index in [0.29, 0.717) is 5.92 Å². The summed E-state index contributed by atoms with van der Waals surface area (Å²) >= 11 is 1.80. The van der Waals surface area contributed by atoms with Crippen LogP contribution in [0.4, 0.5) is 0 Å². The molecule has 0 spiro atoms. The molecule has 154 valence electrons. The highest BCUT2D eigenvalue weighted by Crippen LogP contribution is 2.38. The van der Waals surface area contributed by atoms with E-state index in [0.717, 1.165) is 24.2 Å². The molecule has 0 aliphatic heterocycles. The zero-order valence-electron chi connectivity index (χ0n) is 17.8. The molecule has 30 heavy (non-hydrogen) atoms. The van der Waals surface area contributed by atoms with Crippen LogP contribution in [-0.4, -0.2) is 14.7 Å². The molecule has 2 heterocycles. The average Bonchev–Trinajstić information content (AvgIpc) is 2.98. The van der Waals surface area contributed by atoms with Gasteiger partial charge in [0.2, 0.25) is 0 Å². The van der Waals surface area contributed by atoms with E-state index < -0.39 is 0 Å². The minimum atomic E-state index is 0.0719. The standard InChI is InChI=1S/C26H28N2OS/c1-18(2)14-24-25(17-29)19(3)28(16-20-10-12-27-13-11-20)26(24)30-23-9-8-21-6-4-5-7-22(21)15-23/h4-13,15,18,29H,14,16-17H2,1-3H3. The molecule has 1 N–H and O–H groups in total. The Balaban J connectivity index is 1.81. The lowest BCUT2D eigenvalue weighted by Crippen LogP contribution is -2.04. The first-order valence-corrected chi connectivity index (χ1v) is 11.3. The number of rotatable bonds is 7. The minimum absolute atomic E-state index is 0.0719. The van der Waals surface area contributed by atoms with Gasteiger partial charge in [-0.3, -0.25) is 4.98 Å². The number of aliphatic hydroxyl groups excluding tert-OH is 1. The highest BCUT2D eigenvalue weighted by atomic mass is 32.2. The second-order valence-corrected chi connectivity index (χ2v) is 9.22. The van der Waals surface area contributed by atoms with Crippen LogP contribution >= 0.6 is 11.8 Å². The van der Waals surface area contributed by atoms with E-state index in [-0.39, 0.29) is 6.61 Å². The van der Waals surface area contributed by atoms with Gasteiger partial charge in [0.25, 0.3) is 0 Å². The van der Waals surface area contributed by atoms with Crippen molar-refractivity contribution in [2.24, 2.45) is 5.92 Å². The molecule has 0 radical (unpaired) electrons. The number of hydrogen-bond donors (Lipinski definition) is 1. The third kappa shape index (κ3) is 4.30. The molecule has 0 fully saturated rings. The van der Waals surface area contributed by atoms with Crippen molar-refractivity contribution in [3.05, 3.63) is 89.4 Å². The van der Waals surface area contributed by atoms with Crippen molar-refractivity contribution in [1.29, 1.82) is 0 Å². The van der Waals surface area contributed by atoms with E-state index in [2.05, 4.69) is 84.9 Å². The van der Waals surface area contributed by atoms with Gasteiger partial charge in [-0.1, -0.05) is 55.9 Å². The Labute approximate surface area is 182 Å². The second-order valence-electron chi connectivity index (χ2n) is 8.16. The predicted molar refractivity (Wildman–Crippen MR) is 125 cm³/mol. The first kappa shape index (κ1) is 20.7. The second kappa shape index (κ2) is 9.07. The van der Waals surface area contributed by atoms with Gasteiger partial charge in [-0.25, -0.2) is 0 Å². The van der Waals surface area contributed by atoms with E-state index in [1.165, 1.54) is 31.8 Å². The van der Waals surface area contributed by atoms with Crippen molar-refractivity contribution < 1.29 is 5.11 Å².